The van der Waals surface area contributed by atoms with Gasteiger partial charge in [-0.1, -0.05) is 31.0 Å². The van der Waals surface area contributed by atoms with Gasteiger partial charge >= 0.3 is 0 Å². The third kappa shape index (κ3) is 3.35. The van der Waals surface area contributed by atoms with Gasteiger partial charge in [-0.25, -0.2) is 4.98 Å². The van der Waals surface area contributed by atoms with Gasteiger partial charge in [0, 0.05) is 24.5 Å². The lowest BCUT2D eigenvalue weighted by Crippen LogP contribution is -2.33. The SMILES string of the molecule is Cc1cc2ccccc2nc1NCCN(C)C1CCCC1. The summed E-state index contributed by atoms with van der Waals surface area (Å²) in [6, 6.07) is 11.3. The number of fused-ring (bicyclic) bond motifs is 1. The Morgan fingerprint density at radius 1 is 1.24 bits per heavy atom. The average Bonchev–Trinajstić information content (AvgIpc) is 3.02. The highest BCUT2D eigenvalue weighted by molar-refractivity contribution is 5.81. The Balaban J connectivity index is 1.61. The number of pyridine rings is 1. The maximum absolute atomic E-state index is 4.74. The van der Waals surface area contributed by atoms with Gasteiger partial charge < -0.3 is 10.2 Å². The van der Waals surface area contributed by atoms with Crippen LogP contribution < -0.4 is 5.32 Å². The van der Waals surface area contributed by atoms with E-state index in [1.807, 2.05) is 6.07 Å². The van der Waals surface area contributed by atoms with Crippen molar-refractivity contribution in [3.63, 3.8) is 0 Å². The second-order valence-electron chi connectivity index (χ2n) is 6.19. The Bertz CT molecular complexity index is 602. The normalized spacial score (nSPS) is 16.0. The molecular weight excluding hydrogens is 258 g/mol. The lowest BCUT2D eigenvalue weighted by atomic mass is 10.1. The molecular formula is C18H25N3. The second-order valence-corrected chi connectivity index (χ2v) is 6.19. The fourth-order valence-electron chi connectivity index (χ4n) is 3.28. The smallest absolute Gasteiger partial charge is 0.129 e. The van der Waals surface area contributed by atoms with Crippen LogP contribution in [0, 0.1) is 6.92 Å². The minimum atomic E-state index is 0.789. The molecule has 0 aliphatic heterocycles. The molecule has 1 saturated carbocycles. The summed E-state index contributed by atoms with van der Waals surface area (Å²) in [5.41, 5.74) is 2.28. The van der Waals surface area contributed by atoms with Gasteiger partial charge in [-0.2, -0.15) is 0 Å². The Kier molecular flexibility index (Phi) is 4.39. The summed E-state index contributed by atoms with van der Waals surface area (Å²) in [4.78, 5) is 7.24. The predicted octanol–water partition coefficient (Wildman–Crippen LogP) is 3.83. The topological polar surface area (TPSA) is 28.2 Å². The number of hydrogen-bond donors (Lipinski definition) is 1. The van der Waals surface area contributed by atoms with Crippen molar-refractivity contribution in [3.8, 4) is 0 Å². The highest BCUT2D eigenvalue weighted by Crippen LogP contribution is 2.22. The third-order valence-electron chi connectivity index (χ3n) is 4.62. The molecule has 0 spiro atoms. The molecule has 0 radical (unpaired) electrons. The number of rotatable bonds is 5. The number of aromatic nitrogens is 1. The van der Waals surface area contributed by atoms with Crippen molar-refractivity contribution in [3.05, 3.63) is 35.9 Å². The molecule has 1 aliphatic carbocycles. The molecule has 0 amide bonds. The van der Waals surface area contributed by atoms with Gasteiger partial charge in [0.2, 0.25) is 0 Å². The molecule has 0 bridgehead atoms. The summed E-state index contributed by atoms with van der Waals surface area (Å²) in [6.07, 6.45) is 5.52. The van der Waals surface area contributed by atoms with E-state index in [2.05, 4.69) is 48.5 Å². The summed E-state index contributed by atoms with van der Waals surface area (Å²) < 4.78 is 0. The van der Waals surface area contributed by atoms with Crippen LogP contribution in [0.15, 0.2) is 30.3 Å². The van der Waals surface area contributed by atoms with Gasteiger partial charge in [0.25, 0.3) is 0 Å². The van der Waals surface area contributed by atoms with E-state index in [9.17, 15) is 0 Å². The summed E-state index contributed by atoms with van der Waals surface area (Å²) >= 11 is 0. The highest BCUT2D eigenvalue weighted by atomic mass is 15.1. The van der Waals surface area contributed by atoms with Gasteiger partial charge in [0.1, 0.15) is 5.82 Å². The number of hydrogen-bond acceptors (Lipinski definition) is 3. The number of para-hydroxylation sites is 1. The Labute approximate surface area is 127 Å². The van der Waals surface area contributed by atoms with Gasteiger partial charge in [-0.3, -0.25) is 0 Å². The number of benzene rings is 1. The van der Waals surface area contributed by atoms with E-state index in [-0.39, 0.29) is 0 Å². The van der Waals surface area contributed by atoms with Crippen LogP contribution in [-0.4, -0.2) is 36.1 Å². The van der Waals surface area contributed by atoms with Gasteiger partial charge in [0.05, 0.1) is 5.52 Å². The maximum Gasteiger partial charge on any atom is 0.129 e. The van der Waals surface area contributed by atoms with E-state index in [4.69, 9.17) is 4.98 Å². The first-order valence-corrected chi connectivity index (χ1v) is 8.04. The molecule has 0 unspecified atom stereocenters. The van der Waals surface area contributed by atoms with Crippen LogP contribution in [0.4, 0.5) is 5.82 Å². The van der Waals surface area contributed by atoms with Gasteiger partial charge in [-0.05, 0) is 44.5 Å². The lowest BCUT2D eigenvalue weighted by Gasteiger charge is -2.24. The number of likely N-dealkylation sites (N-methyl/N-ethyl adjacent to an activating group) is 1. The fourth-order valence-corrected chi connectivity index (χ4v) is 3.28. The molecule has 1 aromatic heterocycles. The molecule has 112 valence electrons. The molecule has 1 N–H and O–H groups in total. The first-order valence-electron chi connectivity index (χ1n) is 8.04. The van der Waals surface area contributed by atoms with Crippen molar-refractivity contribution in [1.82, 2.24) is 9.88 Å². The summed E-state index contributed by atoms with van der Waals surface area (Å²) in [5.74, 6) is 1.02. The van der Waals surface area contributed by atoms with Crippen LogP contribution in [0.1, 0.15) is 31.2 Å². The minimum Gasteiger partial charge on any atom is -0.369 e. The number of nitrogens with zero attached hydrogens (tertiary/aromatic N) is 2. The van der Waals surface area contributed by atoms with Crippen LogP contribution in [0.2, 0.25) is 0 Å². The summed E-state index contributed by atoms with van der Waals surface area (Å²) in [6.45, 7) is 4.17. The third-order valence-corrected chi connectivity index (χ3v) is 4.62. The zero-order chi connectivity index (χ0) is 14.7. The van der Waals surface area contributed by atoms with Crippen molar-refractivity contribution < 1.29 is 0 Å². The number of nitrogens with one attached hydrogen (secondary N) is 1. The molecule has 2 aromatic rings. The zero-order valence-electron chi connectivity index (χ0n) is 13.1. The van der Waals surface area contributed by atoms with Crippen molar-refractivity contribution in [2.45, 2.75) is 38.6 Å². The molecule has 0 saturated heterocycles. The largest absolute Gasteiger partial charge is 0.369 e. The van der Waals surface area contributed by atoms with E-state index < -0.39 is 0 Å². The minimum absolute atomic E-state index is 0.789. The van der Waals surface area contributed by atoms with Crippen LogP contribution in [0.5, 0.6) is 0 Å². The highest BCUT2D eigenvalue weighted by Gasteiger charge is 2.18. The molecule has 1 heterocycles. The van der Waals surface area contributed by atoms with Crippen LogP contribution >= 0.6 is 0 Å². The summed E-state index contributed by atoms with van der Waals surface area (Å²) in [5, 5.41) is 4.72. The van der Waals surface area contributed by atoms with Crippen molar-refractivity contribution in [2.75, 3.05) is 25.5 Å². The van der Waals surface area contributed by atoms with E-state index in [0.717, 1.165) is 30.5 Å². The van der Waals surface area contributed by atoms with E-state index >= 15 is 0 Å². The monoisotopic (exact) mass is 283 g/mol. The summed E-state index contributed by atoms with van der Waals surface area (Å²) in [7, 11) is 2.25. The molecule has 3 rings (SSSR count). The zero-order valence-corrected chi connectivity index (χ0v) is 13.1. The van der Waals surface area contributed by atoms with Gasteiger partial charge in [-0.15, -0.1) is 0 Å². The van der Waals surface area contributed by atoms with Gasteiger partial charge in [0.15, 0.2) is 0 Å². The van der Waals surface area contributed by atoms with Crippen molar-refractivity contribution >= 4 is 16.7 Å². The molecule has 1 aliphatic rings. The Hall–Kier alpha value is -1.61. The van der Waals surface area contributed by atoms with E-state index in [1.165, 1.54) is 36.6 Å². The predicted molar refractivity (Wildman–Crippen MR) is 89.9 cm³/mol. The molecule has 1 fully saturated rings. The lowest BCUT2D eigenvalue weighted by molar-refractivity contribution is 0.254. The first kappa shape index (κ1) is 14.3. The van der Waals surface area contributed by atoms with Crippen LogP contribution in [0.25, 0.3) is 10.9 Å². The van der Waals surface area contributed by atoms with E-state index in [0.29, 0.717) is 0 Å². The molecule has 1 aromatic carbocycles. The fraction of sp³-hybridized carbons (Fsp3) is 0.500. The second kappa shape index (κ2) is 6.44. The van der Waals surface area contributed by atoms with Crippen molar-refractivity contribution in [2.24, 2.45) is 0 Å². The van der Waals surface area contributed by atoms with Crippen LogP contribution in [0.3, 0.4) is 0 Å². The maximum atomic E-state index is 4.74. The molecule has 0 atom stereocenters. The standard InChI is InChI=1S/C18H25N3/c1-14-13-15-7-3-6-10-17(15)20-18(14)19-11-12-21(2)16-8-4-5-9-16/h3,6-7,10,13,16H,4-5,8-9,11-12H2,1-2H3,(H,19,20). The number of anilines is 1. The number of aryl methyl sites for hydroxylation is 1. The van der Waals surface area contributed by atoms with E-state index in [1.54, 1.807) is 0 Å². The Morgan fingerprint density at radius 3 is 2.81 bits per heavy atom. The quantitative estimate of drug-likeness (QED) is 0.904. The van der Waals surface area contributed by atoms with Crippen LogP contribution in [-0.2, 0) is 0 Å². The van der Waals surface area contributed by atoms with Crippen molar-refractivity contribution in [1.29, 1.82) is 0 Å². The Morgan fingerprint density at radius 2 is 2.00 bits per heavy atom. The average molecular weight is 283 g/mol. The molecule has 3 heteroatoms. The first-order chi connectivity index (χ1) is 10.2. The molecule has 3 nitrogen and oxygen atoms in total. The molecule has 21 heavy (non-hydrogen) atoms.